The molecule has 0 amide bonds. The topological polar surface area (TPSA) is 0 Å². The van der Waals surface area contributed by atoms with Gasteiger partial charge in [0, 0.05) is 10.0 Å². The lowest BCUT2D eigenvalue weighted by molar-refractivity contribution is 0.584. The first-order chi connectivity index (χ1) is 9.30. The second-order valence-electron chi connectivity index (χ2n) is 5.87. The predicted molar refractivity (Wildman–Crippen MR) is 92.4 cm³/mol. The third-order valence-electron chi connectivity index (χ3n) is 3.27. The fraction of sp³-hybridized carbons (Fsp3) is 0.294. The molecule has 2 aromatic carbocycles. The Labute approximate surface area is 139 Å². The fourth-order valence-electron chi connectivity index (χ4n) is 2.28. The van der Waals surface area contributed by atoms with Crippen LogP contribution in [0.15, 0.2) is 42.5 Å². The Kier molecular flexibility index (Phi) is 4.84. The third kappa shape index (κ3) is 3.39. The largest absolute Gasteiger partial charge is 0.0843 e. The van der Waals surface area contributed by atoms with Crippen LogP contribution in [0, 0.1) is 0 Å². The molecule has 0 heterocycles. The summed E-state index contributed by atoms with van der Waals surface area (Å²) >= 11 is 16.2. The molecule has 2 aromatic rings. The van der Waals surface area contributed by atoms with E-state index in [1.54, 1.807) is 0 Å². The van der Waals surface area contributed by atoms with Crippen LogP contribution in [0.25, 0.3) is 0 Å². The van der Waals surface area contributed by atoms with E-state index in [1.165, 1.54) is 11.1 Å². The van der Waals surface area contributed by atoms with Crippen LogP contribution < -0.4 is 0 Å². The van der Waals surface area contributed by atoms with Gasteiger partial charge in [-0.1, -0.05) is 84.2 Å². The van der Waals surface area contributed by atoms with Gasteiger partial charge in [-0.3, -0.25) is 0 Å². The number of rotatable bonds is 2. The van der Waals surface area contributed by atoms with Crippen molar-refractivity contribution in [3.05, 3.63) is 69.2 Å². The zero-order chi connectivity index (χ0) is 14.9. The first kappa shape index (κ1) is 15.9. The van der Waals surface area contributed by atoms with E-state index < -0.39 is 0 Å². The van der Waals surface area contributed by atoms with E-state index >= 15 is 0 Å². The van der Waals surface area contributed by atoms with Gasteiger partial charge < -0.3 is 0 Å². The Morgan fingerprint density at radius 2 is 1.60 bits per heavy atom. The van der Waals surface area contributed by atoms with Crippen LogP contribution >= 0.6 is 39.1 Å². The maximum absolute atomic E-state index is 6.32. The number of alkyl halides is 1. The van der Waals surface area contributed by atoms with Gasteiger partial charge in [-0.25, -0.2) is 0 Å². The summed E-state index contributed by atoms with van der Waals surface area (Å²) in [5.74, 6) is 0. The molecule has 0 aliphatic carbocycles. The van der Waals surface area contributed by atoms with Crippen molar-refractivity contribution in [3.63, 3.8) is 0 Å². The van der Waals surface area contributed by atoms with E-state index in [2.05, 4.69) is 61.0 Å². The van der Waals surface area contributed by atoms with Crippen molar-refractivity contribution in [1.29, 1.82) is 0 Å². The molecule has 0 saturated carbocycles. The van der Waals surface area contributed by atoms with E-state index in [-0.39, 0.29) is 10.2 Å². The summed E-state index contributed by atoms with van der Waals surface area (Å²) in [6.07, 6.45) is 0. The lowest BCUT2D eigenvalue weighted by atomic mass is 9.82. The van der Waals surface area contributed by atoms with Crippen LogP contribution in [0.3, 0.4) is 0 Å². The molecule has 0 N–H and O–H groups in total. The van der Waals surface area contributed by atoms with Crippen molar-refractivity contribution in [2.75, 3.05) is 0 Å². The number of hydrogen-bond donors (Lipinski definition) is 0. The van der Waals surface area contributed by atoms with Crippen molar-refractivity contribution in [2.45, 2.75) is 31.0 Å². The molecule has 0 aliphatic rings. The van der Waals surface area contributed by atoms with Crippen LogP contribution in [-0.4, -0.2) is 0 Å². The normalized spacial score (nSPS) is 13.3. The summed E-state index contributed by atoms with van der Waals surface area (Å²) in [5, 5.41) is 1.42. The molecule has 1 atom stereocenters. The Morgan fingerprint density at radius 3 is 2.25 bits per heavy atom. The van der Waals surface area contributed by atoms with Crippen LogP contribution in [-0.2, 0) is 5.41 Å². The molecule has 1 unspecified atom stereocenters. The molecule has 0 saturated heterocycles. The fourth-order valence-corrected chi connectivity index (χ4v) is 3.59. The zero-order valence-corrected chi connectivity index (χ0v) is 14.9. The summed E-state index contributed by atoms with van der Waals surface area (Å²) < 4.78 is 0. The van der Waals surface area contributed by atoms with E-state index in [9.17, 15) is 0 Å². The summed E-state index contributed by atoms with van der Waals surface area (Å²) in [6, 6.07) is 14.0. The Balaban J connectivity index is 2.54. The van der Waals surface area contributed by atoms with Gasteiger partial charge in [0.1, 0.15) is 0 Å². The van der Waals surface area contributed by atoms with Gasteiger partial charge in [-0.05, 0) is 40.3 Å². The molecule has 0 radical (unpaired) electrons. The Morgan fingerprint density at radius 1 is 0.950 bits per heavy atom. The highest BCUT2D eigenvalue weighted by atomic mass is 79.9. The molecule has 2 rings (SSSR count). The third-order valence-corrected chi connectivity index (χ3v) is 4.84. The van der Waals surface area contributed by atoms with Gasteiger partial charge in [-0.2, -0.15) is 0 Å². The van der Waals surface area contributed by atoms with Gasteiger partial charge >= 0.3 is 0 Å². The van der Waals surface area contributed by atoms with E-state index in [0.29, 0.717) is 5.02 Å². The maximum Gasteiger partial charge on any atom is 0.0662 e. The predicted octanol–water partition coefficient (Wildman–Crippen LogP) is 6.78. The van der Waals surface area contributed by atoms with Crippen molar-refractivity contribution in [2.24, 2.45) is 0 Å². The summed E-state index contributed by atoms with van der Waals surface area (Å²) in [6.45, 7) is 6.64. The van der Waals surface area contributed by atoms with Crippen molar-refractivity contribution in [1.82, 2.24) is 0 Å². The van der Waals surface area contributed by atoms with E-state index in [0.717, 1.165) is 10.6 Å². The highest BCUT2D eigenvalue weighted by molar-refractivity contribution is 9.09. The second-order valence-corrected chi connectivity index (χ2v) is 7.62. The average molecular weight is 372 g/mol. The van der Waals surface area contributed by atoms with Crippen molar-refractivity contribution >= 4 is 39.1 Å². The minimum atomic E-state index is 0.0316. The van der Waals surface area contributed by atoms with Crippen molar-refractivity contribution in [3.8, 4) is 0 Å². The molecule has 0 aliphatic heterocycles. The molecule has 106 valence electrons. The summed E-state index contributed by atoms with van der Waals surface area (Å²) in [4.78, 5) is 0.0316. The van der Waals surface area contributed by atoms with Crippen LogP contribution in [0.1, 0.15) is 42.3 Å². The smallest absolute Gasteiger partial charge is 0.0662 e. The standard InChI is InChI=1S/C17H17BrCl2/c1-17(2,3)14-7-5-4-6-12(14)16(18)13-10-11(19)8-9-15(13)20/h4-10,16H,1-3H3. The van der Waals surface area contributed by atoms with Gasteiger partial charge in [-0.15, -0.1) is 0 Å². The van der Waals surface area contributed by atoms with Gasteiger partial charge in [0.25, 0.3) is 0 Å². The quantitative estimate of drug-likeness (QED) is 0.510. The highest BCUT2D eigenvalue weighted by Crippen LogP contribution is 2.40. The zero-order valence-electron chi connectivity index (χ0n) is 11.8. The Bertz CT molecular complexity index is 615. The summed E-state index contributed by atoms with van der Waals surface area (Å²) in [5.41, 5.74) is 3.60. The van der Waals surface area contributed by atoms with Crippen LogP contribution in [0.5, 0.6) is 0 Å². The molecule has 0 aromatic heterocycles. The number of benzene rings is 2. The van der Waals surface area contributed by atoms with Gasteiger partial charge in [0.2, 0.25) is 0 Å². The molecule has 0 fully saturated rings. The first-order valence-electron chi connectivity index (χ1n) is 6.49. The van der Waals surface area contributed by atoms with Gasteiger partial charge in [0.15, 0.2) is 0 Å². The average Bonchev–Trinajstić information content (AvgIpc) is 2.40. The SMILES string of the molecule is CC(C)(C)c1ccccc1C(Br)c1cc(Cl)ccc1Cl. The van der Waals surface area contributed by atoms with Crippen LogP contribution in [0.4, 0.5) is 0 Å². The van der Waals surface area contributed by atoms with Crippen molar-refractivity contribution < 1.29 is 0 Å². The van der Waals surface area contributed by atoms with E-state index in [4.69, 9.17) is 23.2 Å². The molecular formula is C17H17BrCl2. The maximum atomic E-state index is 6.32. The number of hydrogen-bond acceptors (Lipinski definition) is 0. The second kappa shape index (κ2) is 6.09. The molecule has 0 spiro atoms. The summed E-state index contributed by atoms with van der Waals surface area (Å²) in [7, 11) is 0. The monoisotopic (exact) mass is 370 g/mol. The minimum absolute atomic E-state index is 0.0316. The van der Waals surface area contributed by atoms with E-state index in [1.807, 2.05) is 18.2 Å². The molecule has 0 nitrogen and oxygen atoms in total. The molecule has 0 bridgehead atoms. The lowest BCUT2D eigenvalue weighted by Crippen LogP contribution is -2.15. The minimum Gasteiger partial charge on any atom is -0.0843 e. The Hall–Kier alpha value is -0.500. The number of halogens is 3. The molecule has 3 heteroatoms. The first-order valence-corrected chi connectivity index (χ1v) is 8.16. The molecular weight excluding hydrogens is 355 g/mol. The van der Waals surface area contributed by atoms with Gasteiger partial charge in [0.05, 0.1) is 4.83 Å². The lowest BCUT2D eigenvalue weighted by Gasteiger charge is -2.25. The highest BCUT2D eigenvalue weighted by Gasteiger charge is 2.23. The van der Waals surface area contributed by atoms with Crippen LogP contribution in [0.2, 0.25) is 10.0 Å². The molecule has 20 heavy (non-hydrogen) atoms.